The summed E-state index contributed by atoms with van der Waals surface area (Å²) >= 11 is 0. The van der Waals surface area contributed by atoms with Crippen LogP contribution in [0.5, 0.6) is 0 Å². The first-order valence-corrected chi connectivity index (χ1v) is 6.21. The summed E-state index contributed by atoms with van der Waals surface area (Å²) in [6.45, 7) is 0.140. The molecule has 0 N–H and O–H groups in total. The molecular formula is C14H15NO5. The minimum absolute atomic E-state index is 0.140. The third kappa shape index (κ3) is 3.14. The van der Waals surface area contributed by atoms with Crippen LogP contribution in [0.1, 0.15) is 12.0 Å². The van der Waals surface area contributed by atoms with E-state index in [9.17, 15) is 14.4 Å². The average molecular weight is 277 g/mol. The number of benzene rings is 1. The SMILES string of the molecule is COC(=O)CC(=O)N1C(=O)OC[C@@H]1Cc1ccccc1. The highest BCUT2D eigenvalue weighted by atomic mass is 16.6. The van der Waals surface area contributed by atoms with Gasteiger partial charge in [0.05, 0.1) is 13.2 Å². The lowest BCUT2D eigenvalue weighted by Gasteiger charge is -2.19. The molecule has 0 radical (unpaired) electrons. The molecular weight excluding hydrogens is 262 g/mol. The molecule has 6 nitrogen and oxygen atoms in total. The molecule has 0 saturated carbocycles. The van der Waals surface area contributed by atoms with E-state index in [1.807, 2.05) is 30.3 Å². The summed E-state index contributed by atoms with van der Waals surface area (Å²) in [5.41, 5.74) is 0.992. The molecule has 1 atom stereocenters. The van der Waals surface area contributed by atoms with Crippen molar-refractivity contribution in [3.05, 3.63) is 35.9 Å². The standard InChI is InChI=1S/C14H15NO5/c1-19-13(17)8-12(16)15-11(9-20-14(15)18)7-10-5-3-2-4-6-10/h2-6,11H,7-9H2,1H3/t11-/m0/s1. The van der Waals surface area contributed by atoms with E-state index < -0.39 is 24.4 Å². The summed E-state index contributed by atoms with van der Waals surface area (Å²) in [5, 5.41) is 0. The molecule has 2 rings (SSSR count). The molecule has 1 saturated heterocycles. The van der Waals surface area contributed by atoms with Crippen LogP contribution in [0, 0.1) is 0 Å². The zero-order chi connectivity index (χ0) is 14.5. The van der Waals surface area contributed by atoms with Gasteiger partial charge in [0.2, 0.25) is 5.91 Å². The van der Waals surface area contributed by atoms with Crippen LogP contribution in [0.25, 0.3) is 0 Å². The van der Waals surface area contributed by atoms with Gasteiger partial charge in [0.15, 0.2) is 0 Å². The number of amides is 2. The lowest BCUT2D eigenvalue weighted by molar-refractivity contribution is -0.146. The van der Waals surface area contributed by atoms with Gasteiger partial charge in [0.1, 0.15) is 13.0 Å². The van der Waals surface area contributed by atoms with Crippen LogP contribution >= 0.6 is 0 Å². The minimum Gasteiger partial charge on any atom is -0.469 e. The molecule has 1 aliphatic rings. The van der Waals surface area contributed by atoms with Crippen LogP contribution in [0.3, 0.4) is 0 Å². The van der Waals surface area contributed by atoms with Crippen LogP contribution in [-0.2, 0) is 25.5 Å². The molecule has 6 heteroatoms. The maximum Gasteiger partial charge on any atom is 0.417 e. The Hall–Kier alpha value is -2.37. The van der Waals surface area contributed by atoms with E-state index in [-0.39, 0.29) is 12.6 Å². The Labute approximate surface area is 116 Å². The van der Waals surface area contributed by atoms with Crippen molar-refractivity contribution in [3.63, 3.8) is 0 Å². The first-order chi connectivity index (χ1) is 9.61. The van der Waals surface area contributed by atoms with Crippen LogP contribution in [0.15, 0.2) is 30.3 Å². The van der Waals surface area contributed by atoms with E-state index in [4.69, 9.17) is 4.74 Å². The van der Waals surface area contributed by atoms with Crippen LogP contribution in [-0.4, -0.2) is 42.6 Å². The average Bonchev–Trinajstić information content (AvgIpc) is 2.80. The van der Waals surface area contributed by atoms with Crippen molar-refractivity contribution in [1.29, 1.82) is 0 Å². The number of imide groups is 1. The van der Waals surface area contributed by atoms with Gasteiger partial charge >= 0.3 is 12.1 Å². The monoisotopic (exact) mass is 277 g/mol. The molecule has 0 aliphatic carbocycles. The second kappa shape index (κ2) is 6.18. The zero-order valence-corrected chi connectivity index (χ0v) is 11.1. The largest absolute Gasteiger partial charge is 0.469 e. The topological polar surface area (TPSA) is 72.9 Å². The van der Waals surface area contributed by atoms with Gasteiger partial charge in [0, 0.05) is 0 Å². The highest BCUT2D eigenvalue weighted by Gasteiger charge is 2.38. The molecule has 0 spiro atoms. The second-order valence-electron chi connectivity index (χ2n) is 4.44. The molecule has 1 aliphatic heterocycles. The number of ether oxygens (including phenoxy) is 2. The van der Waals surface area contributed by atoms with Crippen LogP contribution < -0.4 is 0 Å². The van der Waals surface area contributed by atoms with E-state index in [0.29, 0.717) is 6.42 Å². The third-order valence-electron chi connectivity index (χ3n) is 3.07. The van der Waals surface area contributed by atoms with E-state index >= 15 is 0 Å². The van der Waals surface area contributed by atoms with Gasteiger partial charge in [-0.1, -0.05) is 30.3 Å². The summed E-state index contributed by atoms with van der Waals surface area (Å²) in [4.78, 5) is 35.7. The van der Waals surface area contributed by atoms with E-state index in [0.717, 1.165) is 10.5 Å². The Bertz CT molecular complexity index is 514. The highest BCUT2D eigenvalue weighted by molar-refractivity contribution is 6.01. The van der Waals surface area contributed by atoms with Crippen molar-refractivity contribution in [1.82, 2.24) is 4.90 Å². The quantitative estimate of drug-likeness (QED) is 0.609. The highest BCUT2D eigenvalue weighted by Crippen LogP contribution is 2.18. The van der Waals surface area contributed by atoms with Gasteiger partial charge in [-0.25, -0.2) is 9.69 Å². The van der Waals surface area contributed by atoms with Crippen LogP contribution in [0.4, 0.5) is 4.79 Å². The smallest absolute Gasteiger partial charge is 0.417 e. The molecule has 0 unspecified atom stereocenters. The molecule has 1 aromatic carbocycles. The normalized spacial score (nSPS) is 17.8. The number of cyclic esters (lactones) is 1. The third-order valence-corrected chi connectivity index (χ3v) is 3.07. The van der Waals surface area contributed by atoms with Crippen molar-refractivity contribution < 1.29 is 23.9 Å². The van der Waals surface area contributed by atoms with Gasteiger partial charge in [0.25, 0.3) is 0 Å². The maximum absolute atomic E-state index is 11.9. The fourth-order valence-corrected chi connectivity index (χ4v) is 2.08. The Morgan fingerprint density at radius 3 is 2.70 bits per heavy atom. The molecule has 106 valence electrons. The molecule has 0 bridgehead atoms. The van der Waals surface area contributed by atoms with Crippen LogP contribution in [0.2, 0.25) is 0 Å². The lowest BCUT2D eigenvalue weighted by Crippen LogP contribution is -2.41. The number of nitrogens with zero attached hydrogens (tertiary/aromatic N) is 1. The molecule has 0 aromatic heterocycles. The number of hydrogen-bond donors (Lipinski definition) is 0. The number of carbonyl (C=O) groups excluding carboxylic acids is 3. The van der Waals surface area contributed by atoms with E-state index in [2.05, 4.69) is 4.74 Å². The molecule has 2 amide bonds. The molecule has 20 heavy (non-hydrogen) atoms. The Morgan fingerprint density at radius 1 is 1.35 bits per heavy atom. The lowest BCUT2D eigenvalue weighted by atomic mass is 10.1. The second-order valence-corrected chi connectivity index (χ2v) is 4.44. The minimum atomic E-state index is -0.708. The molecule has 1 aromatic rings. The van der Waals surface area contributed by atoms with Crippen molar-refractivity contribution in [2.24, 2.45) is 0 Å². The number of rotatable bonds is 4. The number of carbonyl (C=O) groups is 3. The predicted octanol–water partition coefficient (Wildman–Crippen LogP) is 1.14. The van der Waals surface area contributed by atoms with Gasteiger partial charge < -0.3 is 9.47 Å². The number of esters is 1. The first kappa shape index (κ1) is 14.0. The van der Waals surface area contributed by atoms with E-state index in [1.54, 1.807) is 0 Å². The summed E-state index contributed by atoms with van der Waals surface area (Å²) in [5.74, 6) is -1.27. The summed E-state index contributed by atoms with van der Waals surface area (Å²) < 4.78 is 9.33. The van der Waals surface area contributed by atoms with Crippen molar-refractivity contribution in [3.8, 4) is 0 Å². The first-order valence-electron chi connectivity index (χ1n) is 6.21. The van der Waals surface area contributed by atoms with Gasteiger partial charge in [-0.2, -0.15) is 0 Å². The number of hydrogen-bond acceptors (Lipinski definition) is 5. The van der Waals surface area contributed by atoms with Crippen molar-refractivity contribution in [2.45, 2.75) is 18.9 Å². The Kier molecular flexibility index (Phi) is 4.34. The summed E-state index contributed by atoms with van der Waals surface area (Å²) in [6, 6.07) is 9.08. The molecule has 1 fully saturated rings. The Balaban J connectivity index is 2.06. The maximum atomic E-state index is 11.9. The molecule has 1 heterocycles. The fraction of sp³-hybridized carbons (Fsp3) is 0.357. The number of methoxy groups -OCH3 is 1. The van der Waals surface area contributed by atoms with Gasteiger partial charge in [-0.3, -0.25) is 9.59 Å². The van der Waals surface area contributed by atoms with Gasteiger partial charge in [-0.15, -0.1) is 0 Å². The van der Waals surface area contributed by atoms with Gasteiger partial charge in [-0.05, 0) is 12.0 Å². The fourth-order valence-electron chi connectivity index (χ4n) is 2.08. The van der Waals surface area contributed by atoms with E-state index in [1.165, 1.54) is 7.11 Å². The Morgan fingerprint density at radius 2 is 2.05 bits per heavy atom. The predicted molar refractivity (Wildman–Crippen MR) is 68.8 cm³/mol. The van der Waals surface area contributed by atoms with Crippen molar-refractivity contribution >= 4 is 18.0 Å². The summed E-state index contributed by atoms with van der Waals surface area (Å²) in [6.07, 6.45) is -0.670. The summed E-state index contributed by atoms with van der Waals surface area (Å²) in [7, 11) is 1.19. The van der Waals surface area contributed by atoms with Crippen molar-refractivity contribution in [2.75, 3.05) is 13.7 Å². The zero-order valence-electron chi connectivity index (χ0n) is 11.1.